The molecule has 1 aromatic rings. The van der Waals surface area contributed by atoms with E-state index < -0.39 is 0 Å². The molecule has 1 aliphatic heterocycles. The molecule has 3 unspecified atom stereocenters. The van der Waals surface area contributed by atoms with E-state index in [-0.39, 0.29) is 5.54 Å². The van der Waals surface area contributed by atoms with Gasteiger partial charge in [-0.3, -0.25) is 0 Å². The molecule has 20 heavy (non-hydrogen) atoms. The summed E-state index contributed by atoms with van der Waals surface area (Å²) in [5.74, 6) is 0.533. The Balaban J connectivity index is 2.00. The Kier molecular flexibility index (Phi) is 5.22. The first-order valence-corrected chi connectivity index (χ1v) is 7.89. The molecule has 2 rings (SSSR count). The van der Waals surface area contributed by atoms with Crippen molar-refractivity contribution in [3.63, 3.8) is 0 Å². The lowest BCUT2D eigenvalue weighted by Crippen LogP contribution is -2.39. The molecule has 0 aromatic heterocycles. The summed E-state index contributed by atoms with van der Waals surface area (Å²) >= 11 is 0. The van der Waals surface area contributed by atoms with E-state index in [0.29, 0.717) is 18.1 Å². The lowest BCUT2D eigenvalue weighted by Gasteiger charge is -2.27. The number of nitrogens with one attached hydrogen (secondary N) is 1. The van der Waals surface area contributed by atoms with E-state index in [2.05, 4.69) is 63.3 Å². The summed E-state index contributed by atoms with van der Waals surface area (Å²) in [7, 11) is 0. The topological polar surface area (TPSA) is 21.3 Å². The number of ether oxygens (including phenoxy) is 1. The van der Waals surface area contributed by atoms with E-state index in [1.54, 1.807) is 0 Å². The fourth-order valence-electron chi connectivity index (χ4n) is 2.87. The molecule has 0 amide bonds. The lowest BCUT2D eigenvalue weighted by atomic mass is 9.91. The fourth-order valence-corrected chi connectivity index (χ4v) is 2.87. The van der Waals surface area contributed by atoms with Crippen LogP contribution in [-0.4, -0.2) is 24.3 Å². The van der Waals surface area contributed by atoms with Crippen molar-refractivity contribution in [3.05, 3.63) is 35.9 Å². The maximum atomic E-state index is 6.02. The second-order valence-corrected chi connectivity index (χ2v) is 7.12. The second-order valence-electron chi connectivity index (χ2n) is 7.12. The van der Waals surface area contributed by atoms with Crippen molar-refractivity contribution in [2.75, 3.05) is 6.54 Å². The number of hydrogen-bond acceptors (Lipinski definition) is 2. The van der Waals surface area contributed by atoms with Crippen LogP contribution in [0.3, 0.4) is 0 Å². The molecule has 0 spiro atoms. The molecule has 0 radical (unpaired) electrons. The Morgan fingerprint density at radius 3 is 2.45 bits per heavy atom. The van der Waals surface area contributed by atoms with E-state index >= 15 is 0 Å². The van der Waals surface area contributed by atoms with Crippen LogP contribution in [-0.2, 0) is 4.74 Å². The second kappa shape index (κ2) is 6.73. The first-order chi connectivity index (χ1) is 9.44. The van der Waals surface area contributed by atoms with Gasteiger partial charge in [0.05, 0.1) is 12.2 Å². The van der Waals surface area contributed by atoms with E-state index in [1.807, 2.05) is 0 Å². The van der Waals surface area contributed by atoms with Crippen LogP contribution in [0.25, 0.3) is 0 Å². The molecule has 1 aliphatic rings. The third-order valence-corrected chi connectivity index (χ3v) is 4.02. The molecule has 1 aromatic carbocycles. The van der Waals surface area contributed by atoms with Crippen molar-refractivity contribution in [3.8, 4) is 0 Å². The van der Waals surface area contributed by atoms with Crippen molar-refractivity contribution >= 4 is 0 Å². The van der Waals surface area contributed by atoms with Gasteiger partial charge in [0.2, 0.25) is 0 Å². The minimum Gasteiger partial charge on any atom is -0.375 e. The van der Waals surface area contributed by atoms with Gasteiger partial charge in [-0.2, -0.15) is 0 Å². The summed E-state index contributed by atoms with van der Waals surface area (Å²) < 4.78 is 6.02. The summed E-state index contributed by atoms with van der Waals surface area (Å²) in [5.41, 5.74) is 1.59. The van der Waals surface area contributed by atoms with Crippen molar-refractivity contribution in [1.29, 1.82) is 0 Å². The molecule has 1 heterocycles. The fraction of sp³-hybridized carbons (Fsp3) is 0.667. The first kappa shape index (κ1) is 15.5. The molecular formula is C18H29NO. The SMILES string of the molecule is CC1CCC(CC(CNC(C)(C)C)c2ccccc2)O1. The quantitative estimate of drug-likeness (QED) is 0.873. The van der Waals surface area contributed by atoms with Gasteiger partial charge in [0.1, 0.15) is 0 Å². The van der Waals surface area contributed by atoms with Crippen LogP contribution in [0, 0.1) is 0 Å². The van der Waals surface area contributed by atoms with Gasteiger partial charge in [-0.25, -0.2) is 0 Å². The molecule has 2 heteroatoms. The predicted octanol–water partition coefficient (Wildman–Crippen LogP) is 4.12. The highest BCUT2D eigenvalue weighted by molar-refractivity contribution is 5.20. The third kappa shape index (κ3) is 4.92. The summed E-state index contributed by atoms with van der Waals surface area (Å²) in [6, 6.07) is 10.8. The van der Waals surface area contributed by atoms with Gasteiger partial charge in [0.15, 0.2) is 0 Å². The molecule has 2 nitrogen and oxygen atoms in total. The maximum absolute atomic E-state index is 6.02. The Labute approximate surface area is 123 Å². The zero-order chi connectivity index (χ0) is 14.6. The Hall–Kier alpha value is -0.860. The molecule has 0 aliphatic carbocycles. The van der Waals surface area contributed by atoms with E-state index in [1.165, 1.54) is 18.4 Å². The molecule has 112 valence electrons. The zero-order valence-corrected chi connectivity index (χ0v) is 13.4. The molecule has 3 atom stereocenters. The van der Waals surface area contributed by atoms with Gasteiger partial charge in [-0.15, -0.1) is 0 Å². The molecule has 1 fully saturated rings. The highest BCUT2D eigenvalue weighted by atomic mass is 16.5. The number of rotatable bonds is 5. The van der Waals surface area contributed by atoms with Gasteiger partial charge in [0, 0.05) is 12.1 Å². The maximum Gasteiger partial charge on any atom is 0.0586 e. The normalized spacial score (nSPS) is 24.8. The van der Waals surface area contributed by atoms with Crippen LogP contribution in [0.1, 0.15) is 58.4 Å². The van der Waals surface area contributed by atoms with Crippen LogP contribution in [0.4, 0.5) is 0 Å². The summed E-state index contributed by atoms with van der Waals surface area (Å²) in [6.07, 6.45) is 4.40. The van der Waals surface area contributed by atoms with Crippen LogP contribution in [0.15, 0.2) is 30.3 Å². The standard InChI is InChI=1S/C18H29NO/c1-14-10-11-17(20-14)12-16(13-19-18(2,3)4)15-8-6-5-7-9-15/h5-9,14,16-17,19H,10-13H2,1-4H3. The minimum absolute atomic E-state index is 0.164. The van der Waals surface area contributed by atoms with Gasteiger partial charge < -0.3 is 10.1 Å². The van der Waals surface area contributed by atoms with Gasteiger partial charge >= 0.3 is 0 Å². The Morgan fingerprint density at radius 1 is 1.20 bits per heavy atom. The van der Waals surface area contributed by atoms with Crippen LogP contribution < -0.4 is 5.32 Å². The van der Waals surface area contributed by atoms with Gasteiger partial charge in [-0.05, 0) is 58.4 Å². The van der Waals surface area contributed by atoms with Crippen molar-refractivity contribution < 1.29 is 4.74 Å². The average Bonchev–Trinajstić information content (AvgIpc) is 2.80. The highest BCUT2D eigenvalue weighted by Crippen LogP contribution is 2.29. The average molecular weight is 275 g/mol. The van der Waals surface area contributed by atoms with Crippen molar-refractivity contribution in [1.82, 2.24) is 5.32 Å². The molecule has 0 bridgehead atoms. The van der Waals surface area contributed by atoms with Crippen LogP contribution >= 0.6 is 0 Å². The summed E-state index contributed by atoms with van der Waals surface area (Å²) in [6.45, 7) is 9.88. The molecule has 1 N–H and O–H groups in total. The smallest absolute Gasteiger partial charge is 0.0586 e. The van der Waals surface area contributed by atoms with E-state index in [9.17, 15) is 0 Å². The predicted molar refractivity (Wildman–Crippen MR) is 85.1 cm³/mol. The largest absolute Gasteiger partial charge is 0.375 e. The lowest BCUT2D eigenvalue weighted by molar-refractivity contribution is 0.0462. The highest BCUT2D eigenvalue weighted by Gasteiger charge is 2.26. The molecule has 0 saturated carbocycles. The zero-order valence-electron chi connectivity index (χ0n) is 13.4. The summed E-state index contributed by atoms with van der Waals surface area (Å²) in [5, 5.41) is 3.65. The van der Waals surface area contributed by atoms with Crippen molar-refractivity contribution in [2.45, 2.75) is 70.6 Å². The van der Waals surface area contributed by atoms with Gasteiger partial charge in [-0.1, -0.05) is 30.3 Å². The van der Waals surface area contributed by atoms with Gasteiger partial charge in [0.25, 0.3) is 0 Å². The Morgan fingerprint density at radius 2 is 1.90 bits per heavy atom. The third-order valence-electron chi connectivity index (χ3n) is 4.02. The van der Waals surface area contributed by atoms with Crippen molar-refractivity contribution in [2.24, 2.45) is 0 Å². The molecular weight excluding hydrogens is 246 g/mol. The van der Waals surface area contributed by atoms with E-state index in [4.69, 9.17) is 4.74 Å². The van der Waals surface area contributed by atoms with Crippen LogP contribution in [0.2, 0.25) is 0 Å². The first-order valence-electron chi connectivity index (χ1n) is 7.89. The molecule has 1 saturated heterocycles. The monoisotopic (exact) mass is 275 g/mol. The Bertz CT molecular complexity index is 396. The van der Waals surface area contributed by atoms with E-state index in [0.717, 1.165) is 13.0 Å². The minimum atomic E-state index is 0.164. The summed E-state index contributed by atoms with van der Waals surface area (Å²) in [4.78, 5) is 0. The number of hydrogen-bond donors (Lipinski definition) is 1. The van der Waals surface area contributed by atoms with Crippen LogP contribution in [0.5, 0.6) is 0 Å². The number of benzene rings is 1.